The SMILES string of the molecule is NC(=O)Cc1cc(-c2ccsc2)cc2c(C3CCN(S(=O)(=O)CCNC4CCC(O)CC4)CC3)c[nH]c12. The van der Waals surface area contributed by atoms with E-state index in [1.807, 2.05) is 17.6 Å². The Morgan fingerprint density at radius 3 is 2.57 bits per heavy atom. The molecule has 0 unspecified atom stereocenters. The van der Waals surface area contributed by atoms with E-state index in [4.69, 9.17) is 5.73 Å². The fourth-order valence-electron chi connectivity index (χ4n) is 5.83. The van der Waals surface area contributed by atoms with Gasteiger partial charge in [0.1, 0.15) is 0 Å². The zero-order valence-corrected chi connectivity index (χ0v) is 22.6. The third kappa shape index (κ3) is 6.09. The summed E-state index contributed by atoms with van der Waals surface area (Å²) in [4.78, 5) is 15.1. The van der Waals surface area contributed by atoms with Crippen molar-refractivity contribution in [2.75, 3.05) is 25.4 Å². The second-order valence-electron chi connectivity index (χ2n) is 10.4. The molecule has 2 fully saturated rings. The molecule has 5 rings (SSSR count). The summed E-state index contributed by atoms with van der Waals surface area (Å²) in [5.41, 5.74) is 10.7. The fourth-order valence-corrected chi connectivity index (χ4v) is 7.90. The first-order valence-electron chi connectivity index (χ1n) is 13.1. The number of hydrogen-bond donors (Lipinski definition) is 4. The number of rotatable bonds is 9. The van der Waals surface area contributed by atoms with Crippen molar-refractivity contribution in [3.05, 3.63) is 46.3 Å². The van der Waals surface area contributed by atoms with Crippen molar-refractivity contribution in [1.82, 2.24) is 14.6 Å². The van der Waals surface area contributed by atoms with E-state index in [-0.39, 0.29) is 30.1 Å². The molecule has 37 heavy (non-hydrogen) atoms. The van der Waals surface area contributed by atoms with E-state index in [2.05, 4.69) is 27.8 Å². The summed E-state index contributed by atoms with van der Waals surface area (Å²) in [7, 11) is -3.32. The lowest BCUT2D eigenvalue weighted by atomic mass is 9.88. The Hall–Kier alpha value is -2.24. The predicted molar refractivity (Wildman–Crippen MR) is 148 cm³/mol. The smallest absolute Gasteiger partial charge is 0.221 e. The molecule has 5 N–H and O–H groups in total. The molecule has 8 nitrogen and oxygen atoms in total. The van der Waals surface area contributed by atoms with Crippen LogP contribution in [-0.4, -0.2) is 66.3 Å². The number of nitrogens with one attached hydrogen (secondary N) is 2. The number of carbonyl (C=O) groups excluding carboxylic acids is 1. The maximum absolute atomic E-state index is 13.0. The fraction of sp³-hybridized carbons (Fsp3) is 0.519. The van der Waals surface area contributed by atoms with Crippen LogP contribution in [0.3, 0.4) is 0 Å². The standard InChI is InChI=1S/C27H36N4O4S2/c28-26(33)15-21-13-20(19-7-11-36-17-19)14-24-25(16-30-27(21)24)18-5-9-31(10-6-18)37(34,35)12-8-29-22-1-3-23(32)4-2-22/h7,11,13-14,16-18,22-23,29-30,32H,1-6,8-10,12,15H2,(H2,28,33). The average Bonchev–Trinajstić information content (AvgIpc) is 3.56. The molecule has 1 amide bonds. The molecule has 3 aromatic rings. The lowest BCUT2D eigenvalue weighted by Gasteiger charge is -2.32. The Kier molecular flexibility index (Phi) is 8.02. The van der Waals surface area contributed by atoms with E-state index in [9.17, 15) is 18.3 Å². The first kappa shape index (κ1) is 26.4. The number of hydrogen-bond acceptors (Lipinski definition) is 6. The number of piperidine rings is 1. The Bertz CT molecular complexity index is 1320. The highest BCUT2D eigenvalue weighted by Crippen LogP contribution is 2.37. The van der Waals surface area contributed by atoms with Crippen molar-refractivity contribution in [3.8, 4) is 11.1 Å². The van der Waals surface area contributed by atoms with Gasteiger partial charge in [-0.15, -0.1) is 0 Å². The van der Waals surface area contributed by atoms with E-state index in [1.165, 1.54) is 5.56 Å². The lowest BCUT2D eigenvalue weighted by Crippen LogP contribution is -2.43. The molecular weight excluding hydrogens is 508 g/mol. The highest BCUT2D eigenvalue weighted by molar-refractivity contribution is 7.89. The van der Waals surface area contributed by atoms with Gasteiger partial charge in [-0.2, -0.15) is 11.3 Å². The van der Waals surface area contributed by atoms with Gasteiger partial charge in [-0.1, -0.05) is 0 Å². The molecular formula is C27H36N4O4S2. The summed E-state index contributed by atoms with van der Waals surface area (Å²) in [6.45, 7) is 1.46. The van der Waals surface area contributed by atoms with Gasteiger partial charge in [0.2, 0.25) is 15.9 Å². The number of nitrogens with two attached hydrogens (primary N) is 1. The maximum Gasteiger partial charge on any atom is 0.221 e. The zero-order valence-electron chi connectivity index (χ0n) is 21.0. The summed E-state index contributed by atoms with van der Waals surface area (Å²) < 4.78 is 27.6. The molecule has 1 aliphatic carbocycles. The third-order valence-corrected chi connectivity index (χ3v) is 10.5. The third-order valence-electron chi connectivity index (χ3n) is 7.90. The van der Waals surface area contributed by atoms with Crippen LogP contribution in [0, 0.1) is 0 Å². The van der Waals surface area contributed by atoms with Crippen LogP contribution in [0.1, 0.15) is 55.6 Å². The van der Waals surface area contributed by atoms with Crippen molar-refractivity contribution in [3.63, 3.8) is 0 Å². The lowest BCUT2D eigenvalue weighted by molar-refractivity contribution is -0.117. The molecule has 1 saturated heterocycles. The van der Waals surface area contributed by atoms with Gasteiger partial charge in [0.05, 0.1) is 18.3 Å². The molecule has 200 valence electrons. The summed E-state index contributed by atoms with van der Waals surface area (Å²) in [5.74, 6) is -0.0234. The second kappa shape index (κ2) is 11.2. The Labute approximate surface area is 222 Å². The van der Waals surface area contributed by atoms with E-state index in [0.717, 1.165) is 66.1 Å². The quantitative estimate of drug-likeness (QED) is 0.329. The predicted octanol–water partition coefficient (Wildman–Crippen LogP) is 3.33. The van der Waals surface area contributed by atoms with Crippen LogP contribution in [0.5, 0.6) is 0 Å². The number of aliphatic hydroxyl groups excluding tert-OH is 1. The second-order valence-corrected chi connectivity index (χ2v) is 13.3. The topological polar surface area (TPSA) is 129 Å². The van der Waals surface area contributed by atoms with Crippen LogP contribution in [0.2, 0.25) is 0 Å². The number of benzene rings is 1. The van der Waals surface area contributed by atoms with Crippen molar-refractivity contribution in [2.24, 2.45) is 5.73 Å². The molecule has 1 saturated carbocycles. The van der Waals surface area contributed by atoms with Gasteiger partial charge >= 0.3 is 0 Å². The number of sulfonamides is 1. The number of fused-ring (bicyclic) bond motifs is 1. The van der Waals surface area contributed by atoms with Crippen LogP contribution in [0.4, 0.5) is 0 Å². The van der Waals surface area contributed by atoms with Crippen LogP contribution in [0.25, 0.3) is 22.0 Å². The van der Waals surface area contributed by atoms with Crippen molar-refractivity contribution in [1.29, 1.82) is 0 Å². The molecule has 0 spiro atoms. The number of primary amides is 1. The minimum Gasteiger partial charge on any atom is -0.393 e. The van der Waals surface area contributed by atoms with Gasteiger partial charge in [0, 0.05) is 42.8 Å². The highest BCUT2D eigenvalue weighted by Gasteiger charge is 2.30. The Balaban J connectivity index is 1.25. The van der Waals surface area contributed by atoms with Gasteiger partial charge in [0.25, 0.3) is 0 Å². The van der Waals surface area contributed by atoms with Crippen molar-refractivity contribution < 1.29 is 18.3 Å². The number of nitrogens with zero attached hydrogens (tertiary/aromatic N) is 1. The van der Waals surface area contributed by atoms with Crippen LogP contribution < -0.4 is 11.1 Å². The van der Waals surface area contributed by atoms with Crippen LogP contribution in [-0.2, 0) is 21.2 Å². The van der Waals surface area contributed by atoms with Gasteiger partial charge in [-0.25, -0.2) is 12.7 Å². The summed E-state index contributed by atoms with van der Waals surface area (Å²) in [6, 6.07) is 6.58. The first-order chi connectivity index (χ1) is 17.8. The largest absolute Gasteiger partial charge is 0.393 e. The van der Waals surface area contributed by atoms with Gasteiger partial charge in [-0.3, -0.25) is 4.79 Å². The summed E-state index contributed by atoms with van der Waals surface area (Å²) in [6.07, 6.45) is 6.85. The number of aromatic amines is 1. The Morgan fingerprint density at radius 1 is 1.14 bits per heavy atom. The molecule has 1 aromatic carbocycles. The molecule has 2 aliphatic rings. The molecule has 10 heteroatoms. The van der Waals surface area contributed by atoms with Gasteiger partial charge in [-0.05, 0) is 95.7 Å². The van der Waals surface area contributed by atoms with E-state index >= 15 is 0 Å². The number of thiophene rings is 1. The average molecular weight is 545 g/mol. The monoisotopic (exact) mass is 544 g/mol. The van der Waals surface area contributed by atoms with Gasteiger partial charge in [0.15, 0.2) is 0 Å². The minimum absolute atomic E-state index is 0.101. The molecule has 2 aromatic heterocycles. The highest BCUT2D eigenvalue weighted by atomic mass is 32.2. The number of carbonyl (C=O) groups is 1. The normalized spacial score (nSPS) is 22.0. The van der Waals surface area contributed by atoms with Crippen LogP contribution in [0.15, 0.2) is 35.2 Å². The van der Waals surface area contributed by atoms with Crippen molar-refractivity contribution >= 4 is 38.2 Å². The van der Waals surface area contributed by atoms with Gasteiger partial charge < -0.3 is 21.1 Å². The number of aliphatic hydroxyl groups is 1. The maximum atomic E-state index is 13.0. The molecule has 0 atom stereocenters. The molecule has 0 bridgehead atoms. The van der Waals surface area contributed by atoms with Crippen LogP contribution >= 0.6 is 11.3 Å². The Morgan fingerprint density at radius 2 is 1.89 bits per heavy atom. The molecule has 1 aliphatic heterocycles. The number of H-pyrrole nitrogens is 1. The molecule has 0 radical (unpaired) electrons. The minimum atomic E-state index is -3.32. The summed E-state index contributed by atoms with van der Waals surface area (Å²) in [5, 5.41) is 18.2. The molecule has 3 heterocycles. The zero-order chi connectivity index (χ0) is 26.0. The first-order valence-corrected chi connectivity index (χ1v) is 15.7. The van der Waals surface area contributed by atoms with E-state index in [0.29, 0.717) is 25.7 Å². The van der Waals surface area contributed by atoms with Crippen molar-refractivity contribution in [2.45, 2.75) is 63.0 Å². The summed E-state index contributed by atoms with van der Waals surface area (Å²) >= 11 is 1.63. The van der Waals surface area contributed by atoms with E-state index in [1.54, 1.807) is 15.6 Å². The number of amides is 1. The van der Waals surface area contributed by atoms with E-state index < -0.39 is 10.0 Å². The number of aromatic nitrogens is 1.